The minimum absolute atomic E-state index is 0.00618. The van der Waals surface area contributed by atoms with Crippen LogP contribution in [0.1, 0.15) is 27.2 Å². The zero-order valence-corrected chi connectivity index (χ0v) is 16.3. The van der Waals surface area contributed by atoms with Crippen molar-refractivity contribution in [3.63, 3.8) is 0 Å². The van der Waals surface area contributed by atoms with Crippen LogP contribution in [0.25, 0.3) is 11.5 Å². The van der Waals surface area contributed by atoms with Gasteiger partial charge in [0.2, 0.25) is 0 Å². The van der Waals surface area contributed by atoms with Crippen LogP contribution in [0.2, 0.25) is 0 Å². The summed E-state index contributed by atoms with van der Waals surface area (Å²) in [5.41, 5.74) is -1.77. The number of nitriles is 2. The highest BCUT2D eigenvalue weighted by Crippen LogP contribution is 2.34. The zero-order valence-electron chi connectivity index (χ0n) is 16.3. The van der Waals surface area contributed by atoms with Gasteiger partial charge in [-0.15, -0.1) is 4.80 Å². The number of hydrogen-bond acceptors (Lipinski definition) is 7. The fourth-order valence-corrected chi connectivity index (χ4v) is 2.95. The van der Waals surface area contributed by atoms with Crippen molar-refractivity contribution >= 4 is 11.6 Å². The van der Waals surface area contributed by atoms with Gasteiger partial charge in [-0.25, -0.2) is 9.67 Å². The molecule has 4 rings (SSSR count). The smallest absolute Gasteiger partial charge is 0.320 e. The van der Waals surface area contributed by atoms with Gasteiger partial charge in [-0.1, -0.05) is 0 Å². The average Bonchev–Trinajstić information content (AvgIpc) is 3.49. The van der Waals surface area contributed by atoms with Crippen LogP contribution in [-0.4, -0.2) is 35.7 Å². The van der Waals surface area contributed by atoms with Gasteiger partial charge < -0.3 is 5.32 Å². The lowest BCUT2D eigenvalue weighted by Crippen LogP contribution is -2.21. The maximum atomic E-state index is 13.8. The summed E-state index contributed by atoms with van der Waals surface area (Å²) >= 11 is 0. The Morgan fingerprint density at radius 2 is 1.70 bits per heavy atom. The van der Waals surface area contributed by atoms with Gasteiger partial charge in [0.15, 0.2) is 11.5 Å². The van der Waals surface area contributed by atoms with Gasteiger partial charge in [-0.3, -0.25) is 4.79 Å². The molecule has 0 aliphatic heterocycles. The van der Waals surface area contributed by atoms with E-state index in [9.17, 15) is 23.2 Å². The molecule has 1 N–H and O–H groups in total. The summed E-state index contributed by atoms with van der Waals surface area (Å²) in [5.74, 6) is -1.01. The third-order valence-electron chi connectivity index (χ3n) is 4.38. The second-order valence-corrected chi connectivity index (χ2v) is 6.45. The van der Waals surface area contributed by atoms with Crippen LogP contribution in [0, 0.1) is 22.7 Å². The van der Waals surface area contributed by atoms with Crippen molar-refractivity contribution < 1.29 is 18.0 Å². The Morgan fingerprint density at radius 1 is 1.00 bits per heavy atom. The number of hydrogen-bond donors (Lipinski definition) is 1. The number of anilines is 1. The molecule has 0 saturated carbocycles. The van der Waals surface area contributed by atoms with Gasteiger partial charge >= 0.3 is 6.18 Å². The Hall–Kier alpha value is -5.04. The molecule has 1 amide bonds. The molecule has 3 heterocycles. The van der Waals surface area contributed by atoms with Gasteiger partial charge in [0.25, 0.3) is 5.91 Å². The molecule has 0 aliphatic rings. The first-order valence-electron chi connectivity index (χ1n) is 9.05. The van der Waals surface area contributed by atoms with E-state index in [0.29, 0.717) is 4.68 Å². The molecule has 0 saturated heterocycles. The molecule has 0 unspecified atom stereocenters. The number of rotatable bonds is 4. The van der Waals surface area contributed by atoms with Gasteiger partial charge in [0.05, 0.1) is 53.4 Å². The summed E-state index contributed by atoms with van der Waals surface area (Å²) in [6, 6.07) is 10.2. The molecule has 0 atom stereocenters. The van der Waals surface area contributed by atoms with E-state index in [-0.39, 0.29) is 28.3 Å². The van der Waals surface area contributed by atoms with Gasteiger partial charge in [0.1, 0.15) is 11.6 Å². The summed E-state index contributed by atoms with van der Waals surface area (Å²) in [7, 11) is 0. The number of nitrogens with one attached hydrogen (secondary N) is 1. The standard InChI is InChI=1S/C20H10F3N9O/c21-20(22,23)17-16(11-29-31(17)15-3-1-12(8-24)2-4-15)19(33)30-14-7-13(9-25)18(26-10-14)32-27-5-6-28-32/h1-7,10-11H,(H,30,33). The number of carbonyl (C=O) groups excluding carboxylic acids is 1. The van der Waals surface area contributed by atoms with E-state index in [1.165, 1.54) is 42.7 Å². The maximum Gasteiger partial charge on any atom is 0.434 e. The fourth-order valence-electron chi connectivity index (χ4n) is 2.95. The average molecular weight is 449 g/mol. The third kappa shape index (κ3) is 4.11. The van der Waals surface area contributed by atoms with E-state index in [0.717, 1.165) is 17.2 Å². The molecule has 10 nitrogen and oxygen atoms in total. The van der Waals surface area contributed by atoms with E-state index in [1.807, 2.05) is 12.1 Å². The fraction of sp³-hybridized carbons (Fsp3) is 0.0500. The Bertz CT molecular complexity index is 1410. The summed E-state index contributed by atoms with van der Waals surface area (Å²) in [6.07, 6.45) is -0.207. The van der Waals surface area contributed by atoms with Crippen LogP contribution in [0.15, 0.2) is 55.1 Å². The summed E-state index contributed by atoms with van der Waals surface area (Å²) in [5, 5.41) is 32.0. The second kappa shape index (κ2) is 8.24. The highest BCUT2D eigenvalue weighted by molar-refractivity contribution is 6.05. The minimum atomic E-state index is -4.91. The van der Waals surface area contributed by atoms with Crippen LogP contribution in [-0.2, 0) is 6.18 Å². The molecular formula is C20H10F3N9O. The molecule has 162 valence electrons. The van der Waals surface area contributed by atoms with Crippen LogP contribution in [0.5, 0.6) is 0 Å². The topological polar surface area (TPSA) is 138 Å². The minimum Gasteiger partial charge on any atom is -0.320 e. The van der Waals surface area contributed by atoms with Crippen LogP contribution >= 0.6 is 0 Å². The first-order chi connectivity index (χ1) is 15.8. The summed E-state index contributed by atoms with van der Waals surface area (Å²) < 4.78 is 42.1. The molecule has 0 fully saturated rings. The molecule has 33 heavy (non-hydrogen) atoms. The quantitative estimate of drug-likeness (QED) is 0.505. The highest BCUT2D eigenvalue weighted by Gasteiger charge is 2.40. The van der Waals surface area contributed by atoms with E-state index in [4.69, 9.17) is 5.26 Å². The van der Waals surface area contributed by atoms with Crippen LogP contribution in [0.3, 0.4) is 0 Å². The molecule has 3 aromatic heterocycles. The number of benzene rings is 1. The Morgan fingerprint density at radius 3 is 2.30 bits per heavy atom. The number of halogens is 3. The Balaban J connectivity index is 1.68. The van der Waals surface area contributed by atoms with Crippen molar-refractivity contribution in [3.05, 3.63) is 77.5 Å². The number of alkyl halides is 3. The van der Waals surface area contributed by atoms with Crippen LogP contribution in [0.4, 0.5) is 18.9 Å². The van der Waals surface area contributed by atoms with Crippen molar-refractivity contribution in [2.75, 3.05) is 5.32 Å². The maximum absolute atomic E-state index is 13.8. The predicted molar refractivity (Wildman–Crippen MR) is 105 cm³/mol. The van der Waals surface area contributed by atoms with Crippen LogP contribution < -0.4 is 5.32 Å². The number of pyridine rings is 1. The molecule has 4 aromatic rings. The molecule has 0 aliphatic carbocycles. The second-order valence-electron chi connectivity index (χ2n) is 6.45. The lowest BCUT2D eigenvalue weighted by molar-refractivity contribution is -0.143. The van der Waals surface area contributed by atoms with E-state index in [2.05, 4.69) is 25.6 Å². The first-order valence-corrected chi connectivity index (χ1v) is 9.05. The number of aromatic nitrogens is 6. The lowest BCUT2D eigenvalue weighted by Gasteiger charge is -2.13. The highest BCUT2D eigenvalue weighted by atomic mass is 19.4. The number of carbonyl (C=O) groups is 1. The molecule has 0 bridgehead atoms. The van der Waals surface area contributed by atoms with Crippen molar-refractivity contribution in [2.45, 2.75) is 6.18 Å². The van der Waals surface area contributed by atoms with E-state index < -0.39 is 23.3 Å². The molecule has 1 aromatic carbocycles. The third-order valence-corrected chi connectivity index (χ3v) is 4.38. The van der Waals surface area contributed by atoms with E-state index in [1.54, 1.807) is 0 Å². The molecule has 0 radical (unpaired) electrons. The molecule has 13 heteroatoms. The summed E-state index contributed by atoms with van der Waals surface area (Å²) in [4.78, 5) is 17.8. The predicted octanol–water partition coefficient (Wildman–Crippen LogP) is 2.86. The summed E-state index contributed by atoms with van der Waals surface area (Å²) in [6.45, 7) is 0. The number of nitrogens with zero attached hydrogens (tertiary/aromatic N) is 8. The van der Waals surface area contributed by atoms with Crippen molar-refractivity contribution in [1.29, 1.82) is 10.5 Å². The molecular weight excluding hydrogens is 439 g/mol. The van der Waals surface area contributed by atoms with Gasteiger partial charge in [-0.05, 0) is 30.3 Å². The monoisotopic (exact) mass is 449 g/mol. The molecule has 0 spiro atoms. The lowest BCUT2D eigenvalue weighted by atomic mass is 10.2. The Kier molecular flexibility index (Phi) is 5.29. The van der Waals surface area contributed by atoms with Crippen molar-refractivity contribution in [2.24, 2.45) is 0 Å². The zero-order chi connectivity index (χ0) is 23.6. The van der Waals surface area contributed by atoms with Gasteiger partial charge in [-0.2, -0.15) is 39.0 Å². The Labute approximate surface area is 183 Å². The van der Waals surface area contributed by atoms with Gasteiger partial charge in [0, 0.05) is 0 Å². The largest absolute Gasteiger partial charge is 0.434 e. The first kappa shape index (κ1) is 21.2. The SMILES string of the molecule is N#Cc1ccc(-n2ncc(C(=O)Nc3cnc(-n4nccn4)c(C#N)c3)c2C(F)(F)F)cc1. The normalized spacial score (nSPS) is 10.9. The van der Waals surface area contributed by atoms with Crippen molar-refractivity contribution in [1.82, 2.24) is 29.8 Å². The van der Waals surface area contributed by atoms with E-state index >= 15 is 0 Å². The van der Waals surface area contributed by atoms with Crippen molar-refractivity contribution in [3.8, 4) is 23.6 Å². The number of amides is 1.